The van der Waals surface area contributed by atoms with E-state index in [1.807, 2.05) is 19.1 Å². The Bertz CT molecular complexity index is 439. The molecule has 21 heavy (non-hydrogen) atoms. The average Bonchev–Trinajstić information content (AvgIpc) is 2.46. The van der Waals surface area contributed by atoms with Gasteiger partial charge in [-0.05, 0) is 48.8 Å². The normalized spacial score (nSPS) is 12.3. The summed E-state index contributed by atoms with van der Waals surface area (Å²) in [6, 6.07) is 3.94. The fourth-order valence-corrected chi connectivity index (χ4v) is 2.70. The van der Waals surface area contributed by atoms with Crippen molar-refractivity contribution in [2.45, 2.75) is 71.6 Å². The van der Waals surface area contributed by atoms with Gasteiger partial charge in [-0.25, -0.2) is 0 Å². The summed E-state index contributed by atoms with van der Waals surface area (Å²) in [4.78, 5) is 11.6. The van der Waals surface area contributed by atoms with E-state index in [9.17, 15) is 9.90 Å². The largest absolute Gasteiger partial charge is 0.507 e. The van der Waals surface area contributed by atoms with Crippen molar-refractivity contribution in [1.29, 1.82) is 0 Å². The molecule has 3 N–H and O–H groups in total. The molecule has 0 aliphatic carbocycles. The molecule has 0 aliphatic rings. The molecule has 3 heteroatoms. The molecule has 0 aromatic heterocycles. The number of rotatable bonds is 9. The molecule has 1 rings (SSSR count). The van der Waals surface area contributed by atoms with E-state index in [1.54, 1.807) is 0 Å². The minimum Gasteiger partial charge on any atom is -0.507 e. The van der Waals surface area contributed by atoms with Gasteiger partial charge in [0.15, 0.2) is 0 Å². The number of nitrogens with two attached hydrogens (primary N) is 1. The number of aromatic hydroxyl groups is 1. The van der Waals surface area contributed by atoms with Crippen LogP contribution in [0.4, 0.5) is 0 Å². The quantitative estimate of drug-likeness (QED) is 0.720. The molecule has 0 radical (unpaired) electrons. The fourth-order valence-electron chi connectivity index (χ4n) is 2.70. The Kier molecular flexibility index (Phi) is 7.27. The van der Waals surface area contributed by atoms with Crippen LogP contribution in [0.2, 0.25) is 0 Å². The van der Waals surface area contributed by atoms with Crippen LogP contribution >= 0.6 is 0 Å². The maximum atomic E-state index is 11.6. The lowest BCUT2D eigenvalue weighted by Crippen LogP contribution is -2.21. The Morgan fingerprint density at radius 2 is 1.57 bits per heavy atom. The van der Waals surface area contributed by atoms with Crippen molar-refractivity contribution in [3.63, 3.8) is 0 Å². The molecular formula is C18H29NO2. The van der Waals surface area contributed by atoms with Crippen LogP contribution in [0, 0.1) is 0 Å². The first kappa shape index (κ1) is 17.5. The Hall–Kier alpha value is -1.51. The minimum atomic E-state index is -0.286. The second kappa shape index (κ2) is 8.71. The van der Waals surface area contributed by atoms with Gasteiger partial charge in [0, 0.05) is 0 Å². The number of unbranched alkanes of at least 4 members (excludes halogenated alkanes) is 2. The van der Waals surface area contributed by atoms with Crippen LogP contribution in [0.5, 0.6) is 5.75 Å². The molecule has 0 saturated heterocycles. The van der Waals surface area contributed by atoms with Gasteiger partial charge < -0.3 is 10.8 Å². The lowest BCUT2D eigenvalue weighted by atomic mass is 9.89. The molecule has 1 unspecified atom stereocenters. The molecule has 0 spiro atoms. The summed E-state index contributed by atoms with van der Waals surface area (Å²) in [7, 11) is 0. The molecule has 0 saturated carbocycles. The zero-order valence-corrected chi connectivity index (χ0v) is 13.6. The van der Waals surface area contributed by atoms with E-state index < -0.39 is 0 Å². The molecule has 1 atom stereocenters. The smallest absolute Gasteiger partial charge is 0.224 e. The van der Waals surface area contributed by atoms with E-state index >= 15 is 0 Å². The number of phenolic OH excluding ortho intramolecular Hbond substituents is 1. The molecule has 0 bridgehead atoms. The van der Waals surface area contributed by atoms with E-state index in [1.165, 1.54) is 0 Å². The standard InChI is InChI=1S/C18H29NO2/c1-4-7-9-13-11-15(16(6-3)18(19)21)12-14(17(13)20)10-8-5-2/h11-12,16,20H,4-10H2,1-3H3,(H2,19,21). The van der Waals surface area contributed by atoms with Gasteiger partial charge in [-0.15, -0.1) is 0 Å². The van der Waals surface area contributed by atoms with Crippen LogP contribution in [-0.2, 0) is 17.6 Å². The SMILES string of the molecule is CCCCc1cc(C(CC)C(N)=O)cc(CCCC)c1O. The first-order valence-electron chi connectivity index (χ1n) is 8.19. The van der Waals surface area contributed by atoms with Gasteiger partial charge in [-0.1, -0.05) is 45.7 Å². The Morgan fingerprint density at radius 3 is 1.90 bits per heavy atom. The third-order valence-corrected chi connectivity index (χ3v) is 4.04. The number of hydrogen-bond donors (Lipinski definition) is 2. The Labute approximate surface area is 128 Å². The van der Waals surface area contributed by atoms with Crippen molar-refractivity contribution in [1.82, 2.24) is 0 Å². The average molecular weight is 291 g/mol. The van der Waals surface area contributed by atoms with Gasteiger partial charge in [0.2, 0.25) is 5.91 Å². The number of carbonyl (C=O) groups excluding carboxylic acids is 1. The van der Waals surface area contributed by atoms with Crippen molar-refractivity contribution < 1.29 is 9.90 Å². The highest BCUT2D eigenvalue weighted by atomic mass is 16.3. The molecule has 1 amide bonds. The number of primary amides is 1. The summed E-state index contributed by atoms with van der Waals surface area (Å²) in [5.41, 5.74) is 8.39. The molecule has 1 aromatic rings. The van der Waals surface area contributed by atoms with Crippen molar-refractivity contribution in [2.75, 3.05) is 0 Å². The number of benzene rings is 1. The van der Waals surface area contributed by atoms with Gasteiger partial charge in [0.25, 0.3) is 0 Å². The molecule has 0 aliphatic heterocycles. The van der Waals surface area contributed by atoms with E-state index in [4.69, 9.17) is 5.73 Å². The maximum absolute atomic E-state index is 11.6. The van der Waals surface area contributed by atoms with Crippen molar-refractivity contribution >= 4 is 5.91 Å². The molecule has 118 valence electrons. The number of phenols is 1. The molecular weight excluding hydrogens is 262 g/mol. The number of amides is 1. The monoisotopic (exact) mass is 291 g/mol. The van der Waals surface area contributed by atoms with Crippen LogP contribution in [0.1, 0.15) is 75.5 Å². The van der Waals surface area contributed by atoms with Crippen LogP contribution in [0.3, 0.4) is 0 Å². The van der Waals surface area contributed by atoms with Gasteiger partial charge in [-0.2, -0.15) is 0 Å². The van der Waals surface area contributed by atoms with Crippen molar-refractivity contribution in [3.8, 4) is 5.75 Å². The number of carbonyl (C=O) groups is 1. The Balaban J connectivity index is 3.20. The van der Waals surface area contributed by atoms with E-state index in [-0.39, 0.29) is 11.8 Å². The minimum absolute atomic E-state index is 0.258. The van der Waals surface area contributed by atoms with Crippen molar-refractivity contribution in [2.24, 2.45) is 5.73 Å². The Morgan fingerprint density at radius 1 is 1.10 bits per heavy atom. The van der Waals surface area contributed by atoms with Crippen LogP contribution in [-0.4, -0.2) is 11.0 Å². The zero-order chi connectivity index (χ0) is 15.8. The van der Waals surface area contributed by atoms with Gasteiger partial charge in [0.05, 0.1) is 5.92 Å². The number of aryl methyl sites for hydroxylation is 2. The highest BCUT2D eigenvalue weighted by Gasteiger charge is 2.19. The summed E-state index contributed by atoms with van der Waals surface area (Å²) in [5.74, 6) is -0.127. The molecule has 0 heterocycles. The second-order valence-electron chi connectivity index (χ2n) is 5.76. The van der Waals surface area contributed by atoms with Gasteiger partial charge >= 0.3 is 0 Å². The topological polar surface area (TPSA) is 63.3 Å². The highest BCUT2D eigenvalue weighted by Crippen LogP contribution is 2.31. The van der Waals surface area contributed by atoms with Gasteiger partial charge in [-0.3, -0.25) is 4.79 Å². The summed E-state index contributed by atoms with van der Waals surface area (Å²) in [6.07, 6.45) is 6.65. The second-order valence-corrected chi connectivity index (χ2v) is 5.76. The third kappa shape index (κ3) is 4.76. The fraction of sp³-hybridized carbons (Fsp3) is 0.611. The molecule has 1 aromatic carbocycles. The van der Waals surface area contributed by atoms with E-state index in [0.29, 0.717) is 12.2 Å². The van der Waals surface area contributed by atoms with E-state index in [2.05, 4.69) is 13.8 Å². The van der Waals surface area contributed by atoms with Crippen LogP contribution in [0.15, 0.2) is 12.1 Å². The predicted molar refractivity (Wildman–Crippen MR) is 87.6 cm³/mol. The van der Waals surface area contributed by atoms with Crippen molar-refractivity contribution in [3.05, 3.63) is 28.8 Å². The summed E-state index contributed by atoms with van der Waals surface area (Å²) < 4.78 is 0. The van der Waals surface area contributed by atoms with Crippen LogP contribution in [0.25, 0.3) is 0 Å². The number of hydrogen-bond acceptors (Lipinski definition) is 2. The van der Waals surface area contributed by atoms with E-state index in [0.717, 1.165) is 55.2 Å². The summed E-state index contributed by atoms with van der Waals surface area (Å²) >= 11 is 0. The highest BCUT2D eigenvalue weighted by molar-refractivity contribution is 5.82. The van der Waals surface area contributed by atoms with Crippen LogP contribution < -0.4 is 5.73 Å². The van der Waals surface area contributed by atoms with Gasteiger partial charge in [0.1, 0.15) is 5.75 Å². The molecule has 0 fully saturated rings. The predicted octanol–water partition coefficient (Wildman–Crippen LogP) is 4.06. The first-order chi connectivity index (χ1) is 10.0. The first-order valence-corrected chi connectivity index (χ1v) is 8.19. The summed E-state index contributed by atoms with van der Waals surface area (Å²) in [6.45, 7) is 6.24. The summed E-state index contributed by atoms with van der Waals surface area (Å²) in [5, 5.41) is 10.4. The third-order valence-electron chi connectivity index (χ3n) is 4.04. The molecule has 3 nitrogen and oxygen atoms in total. The maximum Gasteiger partial charge on any atom is 0.224 e. The lowest BCUT2D eigenvalue weighted by molar-refractivity contribution is -0.119. The zero-order valence-electron chi connectivity index (χ0n) is 13.6. The lowest BCUT2D eigenvalue weighted by Gasteiger charge is -2.17.